The molecule has 25 heavy (non-hydrogen) atoms. The minimum Gasteiger partial charge on any atom is -0.311 e. The third-order valence-corrected chi connectivity index (χ3v) is 5.42. The van der Waals surface area contributed by atoms with Crippen molar-refractivity contribution in [2.24, 2.45) is 0 Å². The molecule has 0 bridgehead atoms. The number of aryl methyl sites for hydroxylation is 1. The standard InChI is InChI=1S/C18H21N5OS/c1-13-20-16(10-17(24)21-13)14-4-2-7-22(11-14)12-15-5-3-8-23(15)18-19-6-9-25-18/h3,5-6,8-10,14H,2,4,7,11-12H2,1H3,(H,20,21,24)/t14-/m0/s1. The molecule has 0 saturated carbocycles. The molecule has 7 heteroatoms. The Bertz CT molecular complexity index is 898. The fourth-order valence-corrected chi connectivity index (χ4v) is 4.20. The van der Waals surface area contributed by atoms with Crippen LogP contribution in [0.15, 0.2) is 40.8 Å². The van der Waals surface area contributed by atoms with Gasteiger partial charge in [0.2, 0.25) is 0 Å². The van der Waals surface area contributed by atoms with E-state index in [1.807, 2.05) is 18.5 Å². The molecule has 1 saturated heterocycles. The SMILES string of the molecule is Cc1nc([C@H]2CCCN(Cc3cccn3-c3nccs3)C2)cc(=O)[nH]1. The van der Waals surface area contributed by atoms with Crippen molar-refractivity contribution >= 4 is 11.3 Å². The number of nitrogens with one attached hydrogen (secondary N) is 1. The van der Waals surface area contributed by atoms with Gasteiger partial charge in [-0.1, -0.05) is 0 Å². The fraction of sp³-hybridized carbons (Fsp3) is 0.389. The molecule has 0 amide bonds. The van der Waals surface area contributed by atoms with Gasteiger partial charge >= 0.3 is 0 Å². The number of hydrogen-bond donors (Lipinski definition) is 1. The monoisotopic (exact) mass is 355 g/mol. The van der Waals surface area contributed by atoms with E-state index in [0.717, 1.165) is 43.3 Å². The van der Waals surface area contributed by atoms with E-state index in [9.17, 15) is 4.79 Å². The normalized spacial score (nSPS) is 18.5. The Kier molecular flexibility index (Phi) is 4.50. The van der Waals surface area contributed by atoms with Crippen LogP contribution >= 0.6 is 11.3 Å². The number of likely N-dealkylation sites (tertiary alicyclic amines) is 1. The number of hydrogen-bond acceptors (Lipinski definition) is 5. The molecule has 0 radical (unpaired) electrons. The zero-order valence-electron chi connectivity index (χ0n) is 14.2. The van der Waals surface area contributed by atoms with E-state index >= 15 is 0 Å². The smallest absolute Gasteiger partial charge is 0.251 e. The second-order valence-corrected chi connectivity index (χ2v) is 7.39. The van der Waals surface area contributed by atoms with E-state index in [1.165, 1.54) is 5.69 Å². The van der Waals surface area contributed by atoms with Crippen molar-refractivity contribution in [1.29, 1.82) is 0 Å². The van der Waals surface area contributed by atoms with Crippen molar-refractivity contribution in [3.63, 3.8) is 0 Å². The number of H-pyrrole nitrogens is 1. The van der Waals surface area contributed by atoms with Crippen LogP contribution < -0.4 is 5.56 Å². The van der Waals surface area contributed by atoms with Gasteiger partial charge in [0.15, 0.2) is 5.13 Å². The van der Waals surface area contributed by atoms with Crippen molar-refractivity contribution in [3.05, 3.63) is 63.5 Å². The van der Waals surface area contributed by atoms with Crippen molar-refractivity contribution in [2.75, 3.05) is 13.1 Å². The molecule has 0 spiro atoms. The molecule has 4 rings (SSSR count). The van der Waals surface area contributed by atoms with Crippen LogP contribution in [0.25, 0.3) is 5.13 Å². The third-order valence-electron chi connectivity index (χ3n) is 4.65. The molecule has 3 aromatic heterocycles. The van der Waals surface area contributed by atoms with Crippen LogP contribution in [0.3, 0.4) is 0 Å². The summed E-state index contributed by atoms with van der Waals surface area (Å²) in [5.74, 6) is 1.01. The number of rotatable bonds is 4. The molecule has 1 N–H and O–H groups in total. The highest BCUT2D eigenvalue weighted by molar-refractivity contribution is 7.12. The summed E-state index contributed by atoms with van der Waals surface area (Å²) < 4.78 is 2.16. The van der Waals surface area contributed by atoms with Crippen molar-refractivity contribution in [2.45, 2.75) is 32.2 Å². The average molecular weight is 355 g/mol. The van der Waals surface area contributed by atoms with E-state index in [-0.39, 0.29) is 5.56 Å². The van der Waals surface area contributed by atoms with Gasteiger partial charge in [0.1, 0.15) is 5.82 Å². The molecular formula is C18H21N5OS. The summed E-state index contributed by atoms with van der Waals surface area (Å²) >= 11 is 1.64. The number of nitrogens with zero attached hydrogens (tertiary/aromatic N) is 4. The molecule has 0 aromatic carbocycles. The molecule has 4 heterocycles. The Labute approximate surface area is 150 Å². The van der Waals surface area contributed by atoms with E-state index in [4.69, 9.17) is 0 Å². The van der Waals surface area contributed by atoms with Crippen LogP contribution in [-0.2, 0) is 6.54 Å². The number of thiazole rings is 1. The third kappa shape index (κ3) is 3.57. The lowest BCUT2D eigenvalue weighted by Gasteiger charge is -2.32. The first kappa shape index (κ1) is 16.2. The summed E-state index contributed by atoms with van der Waals surface area (Å²) in [5.41, 5.74) is 2.10. The predicted octanol–water partition coefficient (Wildman–Crippen LogP) is 2.71. The fourth-order valence-electron chi connectivity index (χ4n) is 3.55. The molecular weight excluding hydrogens is 334 g/mol. The van der Waals surface area contributed by atoms with Gasteiger partial charge < -0.3 is 4.98 Å². The first-order valence-corrected chi connectivity index (χ1v) is 9.43. The zero-order chi connectivity index (χ0) is 17.2. The lowest BCUT2D eigenvalue weighted by atomic mass is 9.94. The summed E-state index contributed by atoms with van der Waals surface area (Å²) in [4.78, 5) is 25.9. The van der Waals surface area contributed by atoms with Crippen molar-refractivity contribution in [1.82, 2.24) is 24.4 Å². The summed E-state index contributed by atoms with van der Waals surface area (Å²) in [6, 6.07) is 5.87. The number of aromatic nitrogens is 4. The van der Waals surface area contributed by atoms with Gasteiger partial charge in [0.05, 0.1) is 5.69 Å². The summed E-state index contributed by atoms with van der Waals surface area (Å²) in [6.07, 6.45) is 6.11. The highest BCUT2D eigenvalue weighted by atomic mass is 32.1. The quantitative estimate of drug-likeness (QED) is 0.781. The molecule has 6 nitrogen and oxygen atoms in total. The number of piperidine rings is 1. The molecule has 3 aromatic rings. The van der Waals surface area contributed by atoms with E-state index in [2.05, 4.69) is 42.7 Å². The lowest BCUT2D eigenvalue weighted by Crippen LogP contribution is -2.35. The Hall–Kier alpha value is -2.25. The van der Waals surface area contributed by atoms with Gasteiger partial charge in [-0.3, -0.25) is 14.3 Å². The maximum Gasteiger partial charge on any atom is 0.251 e. The zero-order valence-corrected chi connectivity index (χ0v) is 15.0. The highest BCUT2D eigenvalue weighted by Crippen LogP contribution is 2.26. The second-order valence-electron chi connectivity index (χ2n) is 6.51. The Balaban J connectivity index is 1.51. The molecule has 1 fully saturated rings. The second kappa shape index (κ2) is 6.93. The average Bonchev–Trinajstić information content (AvgIpc) is 3.25. The first-order chi connectivity index (χ1) is 12.2. The van der Waals surface area contributed by atoms with E-state index < -0.39 is 0 Å². The summed E-state index contributed by atoms with van der Waals surface area (Å²) in [7, 11) is 0. The molecule has 1 aliphatic heterocycles. The van der Waals surface area contributed by atoms with Crippen molar-refractivity contribution in [3.8, 4) is 5.13 Å². The Morgan fingerprint density at radius 3 is 3.16 bits per heavy atom. The van der Waals surface area contributed by atoms with Crippen LogP contribution in [0.5, 0.6) is 0 Å². The van der Waals surface area contributed by atoms with Gasteiger partial charge in [-0.2, -0.15) is 0 Å². The molecule has 1 atom stereocenters. The maximum absolute atomic E-state index is 11.7. The number of aromatic amines is 1. The van der Waals surface area contributed by atoms with Crippen LogP contribution in [0.1, 0.15) is 36.0 Å². The van der Waals surface area contributed by atoms with Gasteiger partial charge in [-0.05, 0) is 38.4 Å². The molecule has 1 aliphatic rings. The maximum atomic E-state index is 11.7. The summed E-state index contributed by atoms with van der Waals surface area (Å²) in [5, 5.41) is 3.00. The van der Waals surface area contributed by atoms with E-state index in [1.54, 1.807) is 17.4 Å². The molecule has 0 aliphatic carbocycles. The molecule has 0 unspecified atom stereocenters. The minimum atomic E-state index is -0.0581. The van der Waals surface area contributed by atoms with Crippen molar-refractivity contribution < 1.29 is 0 Å². The van der Waals surface area contributed by atoms with E-state index in [0.29, 0.717) is 11.7 Å². The van der Waals surface area contributed by atoms with Crippen LogP contribution in [-0.4, -0.2) is 37.5 Å². The predicted molar refractivity (Wildman–Crippen MR) is 98.3 cm³/mol. The Morgan fingerprint density at radius 1 is 1.44 bits per heavy atom. The topological polar surface area (TPSA) is 66.8 Å². The largest absolute Gasteiger partial charge is 0.311 e. The van der Waals surface area contributed by atoms with Crippen LogP contribution in [0.4, 0.5) is 0 Å². The first-order valence-electron chi connectivity index (χ1n) is 8.55. The van der Waals surface area contributed by atoms with Gasteiger partial charge in [-0.15, -0.1) is 11.3 Å². The minimum absolute atomic E-state index is 0.0581. The van der Waals surface area contributed by atoms with Crippen LogP contribution in [0, 0.1) is 6.92 Å². The van der Waals surface area contributed by atoms with Gasteiger partial charge in [-0.25, -0.2) is 9.97 Å². The highest BCUT2D eigenvalue weighted by Gasteiger charge is 2.23. The summed E-state index contributed by atoms with van der Waals surface area (Å²) in [6.45, 7) is 4.72. The lowest BCUT2D eigenvalue weighted by molar-refractivity contribution is 0.195. The van der Waals surface area contributed by atoms with Crippen LogP contribution in [0.2, 0.25) is 0 Å². The Morgan fingerprint density at radius 2 is 2.36 bits per heavy atom. The molecule has 130 valence electrons. The van der Waals surface area contributed by atoms with Gasteiger partial charge in [0.25, 0.3) is 5.56 Å². The van der Waals surface area contributed by atoms with Gasteiger partial charge in [0, 0.05) is 48.5 Å².